The van der Waals surface area contributed by atoms with Crippen molar-refractivity contribution in [2.24, 2.45) is 4.99 Å². The van der Waals surface area contributed by atoms with Crippen LogP contribution in [0, 0.1) is 5.82 Å². The average molecular weight is 355 g/mol. The zero-order valence-corrected chi connectivity index (χ0v) is 14.0. The molecule has 0 aromatic heterocycles. The van der Waals surface area contributed by atoms with E-state index in [0.29, 0.717) is 11.3 Å². The van der Waals surface area contributed by atoms with Crippen LogP contribution in [0.25, 0.3) is 6.08 Å². The number of hydrogen-bond acceptors (Lipinski definition) is 6. The smallest absolute Gasteiger partial charge is 0.363 e. The number of halogens is 1. The summed E-state index contributed by atoms with van der Waals surface area (Å²) in [7, 11) is 1.43. The van der Waals surface area contributed by atoms with Crippen molar-refractivity contribution in [3.05, 3.63) is 65.1 Å². The van der Waals surface area contributed by atoms with Crippen molar-refractivity contribution in [1.82, 2.24) is 0 Å². The lowest BCUT2D eigenvalue weighted by molar-refractivity contribution is -0.132. The zero-order chi connectivity index (χ0) is 18.7. The molecule has 0 radical (unpaired) electrons. The summed E-state index contributed by atoms with van der Waals surface area (Å²) < 4.78 is 29.1. The highest BCUT2D eigenvalue weighted by atomic mass is 19.1. The molecule has 0 fully saturated rings. The predicted molar refractivity (Wildman–Crippen MR) is 91.3 cm³/mol. The first-order valence-corrected chi connectivity index (χ1v) is 7.62. The number of aliphatic imine (C=N–C) groups is 1. The third-order valence-electron chi connectivity index (χ3n) is 3.47. The normalized spacial score (nSPS) is 14.8. The molecule has 7 heteroatoms. The molecular formula is C19H14FNO5. The Bertz CT molecular complexity index is 949. The molecule has 132 valence electrons. The minimum atomic E-state index is -0.689. The van der Waals surface area contributed by atoms with Gasteiger partial charge in [-0.3, -0.25) is 4.79 Å². The molecule has 0 atom stereocenters. The van der Waals surface area contributed by atoms with E-state index >= 15 is 0 Å². The fraction of sp³-hybridized carbons (Fsp3) is 0.105. The van der Waals surface area contributed by atoms with Gasteiger partial charge in [-0.1, -0.05) is 18.2 Å². The van der Waals surface area contributed by atoms with Gasteiger partial charge in [-0.25, -0.2) is 14.2 Å². The number of methoxy groups -OCH3 is 1. The van der Waals surface area contributed by atoms with E-state index in [0.717, 1.165) is 0 Å². The monoisotopic (exact) mass is 355 g/mol. The summed E-state index contributed by atoms with van der Waals surface area (Å²) in [6, 6.07) is 10.6. The number of esters is 2. The number of hydrogen-bond donors (Lipinski definition) is 0. The molecule has 6 nitrogen and oxygen atoms in total. The third kappa shape index (κ3) is 3.61. The van der Waals surface area contributed by atoms with Crippen LogP contribution in [0.1, 0.15) is 18.1 Å². The highest BCUT2D eigenvalue weighted by Crippen LogP contribution is 2.30. The van der Waals surface area contributed by atoms with Gasteiger partial charge < -0.3 is 14.2 Å². The van der Waals surface area contributed by atoms with Gasteiger partial charge in [0.2, 0.25) is 5.90 Å². The summed E-state index contributed by atoms with van der Waals surface area (Å²) in [5.74, 6) is -1.22. The van der Waals surface area contributed by atoms with Crippen LogP contribution in [0.2, 0.25) is 0 Å². The zero-order valence-electron chi connectivity index (χ0n) is 14.0. The molecule has 3 rings (SSSR count). The number of nitrogens with zero attached hydrogens (tertiary/aromatic N) is 1. The van der Waals surface area contributed by atoms with Crippen molar-refractivity contribution >= 4 is 23.9 Å². The number of ether oxygens (including phenoxy) is 3. The summed E-state index contributed by atoms with van der Waals surface area (Å²) in [5, 5.41) is 0. The van der Waals surface area contributed by atoms with Crippen molar-refractivity contribution in [1.29, 1.82) is 0 Å². The molecule has 2 aromatic carbocycles. The fourth-order valence-corrected chi connectivity index (χ4v) is 2.33. The Morgan fingerprint density at radius 3 is 2.65 bits per heavy atom. The molecule has 1 aliphatic rings. The molecule has 0 unspecified atom stereocenters. The molecule has 0 amide bonds. The maximum atomic E-state index is 13.8. The Kier molecular flexibility index (Phi) is 4.79. The summed E-state index contributed by atoms with van der Waals surface area (Å²) in [5.41, 5.74) is 0.695. The van der Waals surface area contributed by atoms with E-state index in [1.165, 1.54) is 44.4 Å². The summed E-state index contributed by atoms with van der Waals surface area (Å²) in [6.07, 6.45) is 1.47. The van der Waals surface area contributed by atoms with E-state index < -0.39 is 17.8 Å². The maximum Gasteiger partial charge on any atom is 0.363 e. The summed E-state index contributed by atoms with van der Waals surface area (Å²) in [4.78, 5) is 27.2. The molecule has 2 aromatic rings. The third-order valence-corrected chi connectivity index (χ3v) is 3.47. The SMILES string of the molecule is COc1cc(/C=C2\N=C(c3ccccc3F)OC2=O)ccc1OC(C)=O. The second-order valence-corrected chi connectivity index (χ2v) is 5.32. The Morgan fingerprint density at radius 1 is 1.19 bits per heavy atom. The lowest BCUT2D eigenvalue weighted by Gasteiger charge is -2.08. The summed E-state index contributed by atoms with van der Waals surface area (Å²) in [6.45, 7) is 1.28. The Morgan fingerprint density at radius 2 is 1.96 bits per heavy atom. The van der Waals surface area contributed by atoms with Crippen LogP contribution in [-0.4, -0.2) is 24.9 Å². The highest BCUT2D eigenvalue weighted by molar-refractivity contribution is 6.12. The first-order chi connectivity index (χ1) is 12.5. The number of benzene rings is 2. The van der Waals surface area contributed by atoms with Gasteiger partial charge in [0.1, 0.15) is 5.82 Å². The molecule has 1 heterocycles. The van der Waals surface area contributed by atoms with Crippen LogP contribution in [0.15, 0.2) is 53.2 Å². The van der Waals surface area contributed by atoms with Crippen molar-refractivity contribution in [2.75, 3.05) is 7.11 Å². The van der Waals surface area contributed by atoms with Gasteiger partial charge in [-0.15, -0.1) is 0 Å². The Balaban J connectivity index is 1.93. The van der Waals surface area contributed by atoms with E-state index in [1.54, 1.807) is 18.2 Å². The number of cyclic esters (lactones) is 1. The van der Waals surface area contributed by atoms with Gasteiger partial charge in [-0.05, 0) is 35.9 Å². The average Bonchev–Trinajstić information content (AvgIpc) is 2.96. The molecule has 0 saturated carbocycles. The Hall–Kier alpha value is -3.48. The van der Waals surface area contributed by atoms with Gasteiger partial charge in [0.25, 0.3) is 0 Å². The van der Waals surface area contributed by atoms with E-state index in [1.807, 2.05) is 0 Å². The topological polar surface area (TPSA) is 74.2 Å². The lowest BCUT2D eigenvalue weighted by atomic mass is 10.1. The second kappa shape index (κ2) is 7.18. The van der Waals surface area contributed by atoms with E-state index in [2.05, 4.69) is 4.99 Å². The minimum absolute atomic E-state index is 0.0190. The van der Waals surface area contributed by atoms with E-state index in [-0.39, 0.29) is 22.9 Å². The number of carbonyl (C=O) groups excluding carboxylic acids is 2. The first kappa shape index (κ1) is 17.3. The van der Waals surface area contributed by atoms with Crippen molar-refractivity contribution < 1.29 is 28.2 Å². The minimum Gasteiger partial charge on any atom is -0.493 e. The molecule has 0 bridgehead atoms. The lowest BCUT2D eigenvalue weighted by Crippen LogP contribution is -2.07. The van der Waals surface area contributed by atoms with Crippen molar-refractivity contribution in [3.63, 3.8) is 0 Å². The van der Waals surface area contributed by atoms with Crippen molar-refractivity contribution in [2.45, 2.75) is 6.92 Å². The van der Waals surface area contributed by atoms with E-state index in [9.17, 15) is 14.0 Å². The van der Waals surface area contributed by atoms with Crippen LogP contribution in [0.4, 0.5) is 4.39 Å². The Labute approximate surface area is 148 Å². The first-order valence-electron chi connectivity index (χ1n) is 7.62. The molecule has 26 heavy (non-hydrogen) atoms. The van der Waals surface area contributed by atoms with Crippen molar-refractivity contribution in [3.8, 4) is 11.5 Å². The quantitative estimate of drug-likeness (QED) is 0.479. The fourth-order valence-electron chi connectivity index (χ4n) is 2.33. The molecular weight excluding hydrogens is 341 g/mol. The number of carbonyl (C=O) groups is 2. The van der Waals surface area contributed by atoms with Crippen LogP contribution in [-0.2, 0) is 14.3 Å². The molecule has 0 saturated heterocycles. The summed E-state index contributed by atoms with van der Waals surface area (Å²) >= 11 is 0. The van der Waals surface area contributed by atoms with Gasteiger partial charge in [0.05, 0.1) is 12.7 Å². The van der Waals surface area contributed by atoms with Crippen LogP contribution < -0.4 is 9.47 Å². The highest BCUT2D eigenvalue weighted by Gasteiger charge is 2.26. The largest absolute Gasteiger partial charge is 0.493 e. The van der Waals surface area contributed by atoms with Crippen LogP contribution in [0.3, 0.4) is 0 Å². The second-order valence-electron chi connectivity index (χ2n) is 5.32. The standard InChI is InChI=1S/C19H14FNO5/c1-11(22)25-16-8-7-12(10-17(16)24-2)9-15-19(23)26-18(21-15)13-5-3-4-6-14(13)20/h3-10H,1-2H3/b15-9-. The van der Waals surface area contributed by atoms with Gasteiger partial charge in [0, 0.05) is 6.92 Å². The number of rotatable bonds is 4. The van der Waals surface area contributed by atoms with Crippen LogP contribution in [0.5, 0.6) is 11.5 Å². The van der Waals surface area contributed by atoms with E-state index in [4.69, 9.17) is 14.2 Å². The molecule has 0 spiro atoms. The van der Waals surface area contributed by atoms with Gasteiger partial charge >= 0.3 is 11.9 Å². The predicted octanol–water partition coefficient (Wildman–Crippen LogP) is 3.10. The van der Waals surface area contributed by atoms with Gasteiger partial charge in [-0.2, -0.15) is 0 Å². The molecule has 0 aliphatic carbocycles. The van der Waals surface area contributed by atoms with Gasteiger partial charge in [0.15, 0.2) is 17.2 Å². The molecule has 0 N–H and O–H groups in total. The maximum absolute atomic E-state index is 13.8. The van der Waals surface area contributed by atoms with Crippen LogP contribution >= 0.6 is 0 Å². The molecule has 1 aliphatic heterocycles.